The molecular formula is C27H18Cl2N2O3. The van der Waals surface area contributed by atoms with E-state index in [1.54, 1.807) is 30.3 Å². The molecule has 1 saturated heterocycles. The minimum atomic E-state index is -0.526. The molecule has 5 nitrogen and oxygen atoms in total. The van der Waals surface area contributed by atoms with Gasteiger partial charge in [-0.1, -0.05) is 65.7 Å². The Morgan fingerprint density at radius 3 is 2.24 bits per heavy atom. The van der Waals surface area contributed by atoms with Crippen LogP contribution in [0.1, 0.15) is 11.1 Å². The van der Waals surface area contributed by atoms with Gasteiger partial charge in [0.25, 0.3) is 5.91 Å². The lowest BCUT2D eigenvalue weighted by Crippen LogP contribution is -2.30. The van der Waals surface area contributed by atoms with Gasteiger partial charge in [0.1, 0.15) is 18.1 Å². The zero-order valence-corrected chi connectivity index (χ0v) is 19.3. The molecule has 0 atom stereocenters. The molecule has 0 aromatic heterocycles. The summed E-state index contributed by atoms with van der Waals surface area (Å²) in [5, 5.41) is 5.74. The average Bonchev–Trinajstić information content (AvgIpc) is 3.13. The molecule has 0 unspecified atom stereocenters. The topological polar surface area (TPSA) is 58.6 Å². The molecule has 0 radical (unpaired) electrons. The summed E-state index contributed by atoms with van der Waals surface area (Å²) < 4.78 is 6.13. The van der Waals surface area contributed by atoms with Crippen LogP contribution in [0.5, 0.6) is 5.75 Å². The van der Waals surface area contributed by atoms with Gasteiger partial charge in [-0.15, -0.1) is 0 Å². The van der Waals surface area contributed by atoms with Crippen molar-refractivity contribution < 1.29 is 14.3 Å². The molecule has 0 aliphatic carbocycles. The number of carbonyl (C=O) groups is 2. The molecule has 0 spiro atoms. The summed E-state index contributed by atoms with van der Waals surface area (Å²) in [5.74, 6) is 0.136. The standard InChI is InChI=1S/C27H18Cl2N2O3/c28-19-8-5-17(6-9-19)16-34-25-14-7-18-3-1-2-4-22(18)23(25)15-24-26(32)31(27(33)30-24)21-12-10-20(29)11-13-21/h1-15H,16H2,(H,30,33)/b24-15+. The number of ether oxygens (including phenoxy) is 1. The van der Waals surface area contributed by atoms with Gasteiger partial charge >= 0.3 is 6.03 Å². The quantitative estimate of drug-likeness (QED) is 0.247. The molecule has 0 bridgehead atoms. The third kappa shape index (κ3) is 4.36. The van der Waals surface area contributed by atoms with Crippen LogP contribution in [-0.4, -0.2) is 11.9 Å². The van der Waals surface area contributed by atoms with Crippen molar-refractivity contribution in [2.75, 3.05) is 4.90 Å². The summed E-state index contributed by atoms with van der Waals surface area (Å²) in [7, 11) is 0. The Kier molecular flexibility index (Phi) is 5.97. The Morgan fingerprint density at radius 1 is 0.824 bits per heavy atom. The van der Waals surface area contributed by atoms with Gasteiger partial charge in [0.05, 0.1) is 5.69 Å². The van der Waals surface area contributed by atoms with Crippen molar-refractivity contribution in [3.05, 3.63) is 112 Å². The number of halogens is 2. The highest BCUT2D eigenvalue weighted by molar-refractivity contribution is 6.31. The molecule has 5 rings (SSSR count). The maximum Gasteiger partial charge on any atom is 0.333 e. The molecule has 1 fully saturated rings. The van der Waals surface area contributed by atoms with E-state index in [0.717, 1.165) is 21.2 Å². The fraction of sp³-hybridized carbons (Fsp3) is 0.0370. The maximum atomic E-state index is 13.2. The minimum Gasteiger partial charge on any atom is -0.488 e. The number of rotatable bonds is 5. The van der Waals surface area contributed by atoms with E-state index in [1.807, 2.05) is 60.7 Å². The largest absolute Gasteiger partial charge is 0.488 e. The van der Waals surface area contributed by atoms with Gasteiger partial charge in [-0.2, -0.15) is 0 Å². The smallest absolute Gasteiger partial charge is 0.333 e. The van der Waals surface area contributed by atoms with E-state index < -0.39 is 11.9 Å². The molecule has 7 heteroatoms. The predicted molar refractivity (Wildman–Crippen MR) is 135 cm³/mol. The zero-order chi connectivity index (χ0) is 23.7. The third-order valence-corrected chi connectivity index (χ3v) is 5.99. The van der Waals surface area contributed by atoms with Crippen LogP contribution >= 0.6 is 23.2 Å². The molecule has 34 heavy (non-hydrogen) atoms. The Labute approximate surface area is 206 Å². The van der Waals surface area contributed by atoms with Crippen molar-refractivity contribution in [2.24, 2.45) is 0 Å². The molecule has 1 heterocycles. The first-order valence-corrected chi connectivity index (χ1v) is 11.3. The summed E-state index contributed by atoms with van der Waals surface area (Å²) in [4.78, 5) is 26.9. The Balaban J connectivity index is 1.52. The summed E-state index contributed by atoms with van der Waals surface area (Å²) in [6.07, 6.45) is 1.66. The van der Waals surface area contributed by atoms with Gasteiger partial charge in [-0.05, 0) is 64.9 Å². The number of anilines is 1. The highest BCUT2D eigenvalue weighted by Crippen LogP contribution is 2.32. The Bertz CT molecular complexity index is 1430. The normalized spacial score (nSPS) is 14.6. The molecular weight excluding hydrogens is 471 g/mol. The first kappa shape index (κ1) is 22.0. The van der Waals surface area contributed by atoms with E-state index in [0.29, 0.717) is 33.7 Å². The summed E-state index contributed by atoms with van der Waals surface area (Å²) in [6, 6.07) is 25.0. The number of nitrogens with zero attached hydrogens (tertiary/aromatic N) is 1. The van der Waals surface area contributed by atoms with Crippen molar-refractivity contribution in [3.63, 3.8) is 0 Å². The van der Waals surface area contributed by atoms with Crippen LogP contribution in [0, 0.1) is 0 Å². The predicted octanol–water partition coefficient (Wildman–Crippen LogP) is 6.82. The van der Waals surface area contributed by atoms with Crippen molar-refractivity contribution >= 4 is 57.7 Å². The SMILES string of the molecule is O=C1N/C(=C/c2c(OCc3ccc(Cl)cc3)ccc3ccccc23)C(=O)N1c1ccc(Cl)cc1. The minimum absolute atomic E-state index is 0.160. The summed E-state index contributed by atoms with van der Waals surface area (Å²) >= 11 is 11.9. The molecule has 4 aromatic carbocycles. The van der Waals surface area contributed by atoms with Crippen LogP contribution in [0.4, 0.5) is 10.5 Å². The Morgan fingerprint density at radius 2 is 1.50 bits per heavy atom. The van der Waals surface area contributed by atoms with Gasteiger partial charge in [-0.25, -0.2) is 9.69 Å². The molecule has 4 aromatic rings. The molecule has 1 aliphatic heterocycles. The first-order chi connectivity index (χ1) is 16.5. The van der Waals surface area contributed by atoms with Crippen molar-refractivity contribution in [3.8, 4) is 5.75 Å². The lowest BCUT2D eigenvalue weighted by Gasteiger charge is -2.13. The number of carbonyl (C=O) groups excluding carboxylic acids is 2. The number of benzene rings is 4. The van der Waals surface area contributed by atoms with Crippen molar-refractivity contribution in [1.29, 1.82) is 0 Å². The van der Waals surface area contributed by atoms with Gasteiger partial charge in [0.15, 0.2) is 0 Å². The number of hydrogen-bond donors (Lipinski definition) is 1. The lowest BCUT2D eigenvalue weighted by molar-refractivity contribution is -0.113. The number of fused-ring (bicyclic) bond motifs is 1. The number of hydrogen-bond acceptors (Lipinski definition) is 3. The van der Waals surface area contributed by atoms with Crippen LogP contribution in [0.2, 0.25) is 10.0 Å². The van der Waals surface area contributed by atoms with E-state index in [4.69, 9.17) is 27.9 Å². The van der Waals surface area contributed by atoms with Crippen LogP contribution in [0.3, 0.4) is 0 Å². The van der Waals surface area contributed by atoms with Crippen LogP contribution in [0.15, 0.2) is 90.6 Å². The van der Waals surface area contributed by atoms with E-state index in [2.05, 4.69) is 5.32 Å². The highest BCUT2D eigenvalue weighted by atomic mass is 35.5. The number of amides is 3. The summed E-state index contributed by atoms with van der Waals surface area (Å²) in [5.41, 5.74) is 2.25. The lowest BCUT2D eigenvalue weighted by atomic mass is 10.0. The second kappa shape index (κ2) is 9.21. The Hall–Kier alpha value is -3.80. The molecule has 0 saturated carbocycles. The van der Waals surface area contributed by atoms with Crippen molar-refractivity contribution in [2.45, 2.75) is 6.61 Å². The average molecular weight is 489 g/mol. The van der Waals surface area contributed by atoms with Crippen molar-refractivity contribution in [1.82, 2.24) is 5.32 Å². The highest BCUT2D eigenvalue weighted by Gasteiger charge is 2.35. The fourth-order valence-corrected chi connectivity index (χ4v) is 4.05. The van der Waals surface area contributed by atoms with Gasteiger partial charge < -0.3 is 10.1 Å². The van der Waals surface area contributed by atoms with Gasteiger partial charge in [0, 0.05) is 15.6 Å². The number of nitrogens with one attached hydrogen (secondary N) is 1. The third-order valence-electron chi connectivity index (χ3n) is 5.49. The second-order valence-electron chi connectivity index (χ2n) is 7.72. The first-order valence-electron chi connectivity index (χ1n) is 10.5. The molecule has 1 N–H and O–H groups in total. The zero-order valence-electron chi connectivity index (χ0n) is 17.8. The molecule has 168 valence electrons. The fourth-order valence-electron chi connectivity index (χ4n) is 3.80. The molecule has 3 amide bonds. The molecule has 1 aliphatic rings. The number of imide groups is 1. The monoisotopic (exact) mass is 488 g/mol. The van der Waals surface area contributed by atoms with E-state index in [1.165, 1.54) is 0 Å². The van der Waals surface area contributed by atoms with Crippen LogP contribution < -0.4 is 15.0 Å². The van der Waals surface area contributed by atoms with E-state index in [9.17, 15) is 9.59 Å². The van der Waals surface area contributed by atoms with Gasteiger partial charge in [0.2, 0.25) is 0 Å². The van der Waals surface area contributed by atoms with Gasteiger partial charge in [-0.3, -0.25) is 4.79 Å². The van der Waals surface area contributed by atoms with E-state index in [-0.39, 0.29) is 5.70 Å². The maximum absolute atomic E-state index is 13.2. The number of urea groups is 1. The summed E-state index contributed by atoms with van der Waals surface area (Å²) in [6.45, 7) is 0.322. The second-order valence-corrected chi connectivity index (χ2v) is 8.59. The van der Waals surface area contributed by atoms with E-state index >= 15 is 0 Å². The van der Waals surface area contributed by atoms with Crippen LogP contribution in [0.25, 0.3) is 16.8 Å². The van der Waals surface area contributed by atoms with Crippen LogP contribution in [-0.2, 0) is 11.4 Å².